The van der Waals surface area contributed by atoms with Gasteiger partial charge in [0, 0.05) is 12.5 Å². The van der Waals surface area contributed by atoms with Crippen LogP contribution in [0, 0.1) is 5.82 Å². The van der Waals surface area contributed by atoms with Crippen molar-refractivity contribution in [2.24, 2.45) is 5.73 Å². The van der Waals surface area contributed by atoms with Crippen LogP contribution in [0.25, 0.3) is 11.0 Å². The summed E-state index contributed by atoms with van der Waals surface area (Å²) in [5.41, 5.74) is 6.47. The van der Waals surface area contributed by atoms with E-state index in [2.05, 4.69) is 4.98 Å². The van der Waals surface area contributed by atoms with E-state index in [9.17, 15) is 9.18 Å². The standard InChI is InChI=1S/C12H13ClFN3O/c1-7(4-11(15)18)17-10-5-8(14)2-3-9(10)16-12(17)6-13/h2-3,5,7H,4,6H2,1H3,(H2,15,18). The average molecular weight is 270 g/mol. The van der Waals surface area contributed by atoms with Crippen LogP contribution in [0.3, 0.4) is 0 Å². The van der Waals surface area contributed by atoms with E-state index in [1.165, 1.54) is 12.1 Å². The second-order valence-corrected chi connectivity index (χ2v) is 4.45. The molecule has 0 saturated heterocycles. The number of nitrogens with two attached hydrogens (primary N) is 1. The molecule has 2 aromatic rings. The van der Waals surface area contributed by atoms with Crippen molar-refractivity contribution < 1.29 is 9.18 Å². The third-order valence-corrected chi connectivity index (χ3v) is 3.02. The van der Waals surface area contributed by atoms with Gasteiger partial charge < -0.3 is 10.3 Å². The number of carbonyl (C=O) groups is 1. The molecule has 0 aliphatic heterocycles. The third kappa shape index (κ3) is 2.31. The summed E-state index contributed by atoms with van der Waals surface area (Å²) in [4.78, 5) is 15.3. The molecule has 4 nitrogen and oxygen atoms in total. The molecule has 1 heterocycles. The predicted octanol–water partition coefficient (Wildman–Crippen LogP) is 2.35. The lowest BCUT2D eigenvalue weighted by atomic mass is 10.2. The Kier molecular flexibility index (Phi) is 3.52. The first-order chi connectivity index (χ1) is 8.52. The number of hydrogen-bond donors (Lipinski definition) is 1. The fourth-order valence-electron chi connectivity index (χ4n) is 2.08. The number of amides is 1. The van der Waals surface area contributed by atoms with Crippen LogP contribution in [-0.2, 0) is 10.7 Å². The van der Waals surface area contributed by atoms with E-state index in [1.54, 1.807) is 10.6 Å². The zero-order chi connectivity index (χ0) is 13.3. The number of imidazole rings is 1. The number of aromatic nitrogens is 2. The minimum atomic E-state index is -0.415. The first-order valence-corrected chi connectivity index (χ1v) is 6.07. The molecule has 1 aromatic heterocycles. The molecule has 2 N–H and O–H groups in total. The van der Waals surface area contributed by atoms with Gasteiger partial charge in [-0.2, -0.15) is 0 Å². The normalized spacial score (nSPS) is 12.8. The first-order valence-electron chi connectivity index (χ1n) is 5.53. The van der Waals surface area contributed by atoms with Crippen LogP contribution in [0.4, 0.5) is 4.39 Å². The Balaban J connectivity index is 2.58. The molecule has 0 aliphatic carbocycles. The van der Waals surface area contributed by atoms with E-state index < -0.39 is 5.91 Å². The van der Waals surface area contributed by atoms with Crippen LogP contribution in [0.5, 0.6) is 0 Å². The molecule has 0 aliphatic rings. The molecule has 1 aromatic carbocycles. The van der Waals surface area contributed by atoms with Crippen LogP contribution < -0.4 is 5.73 Å². The van der Waals surface area contributed by atoms with Crippen molar-refractivity contribution in [2.45, 2.75) is 25.3 Å². The Morgan fingerprint density at radius 2 is 2.33 bits per heavy atom. The monoisotopic (exact) mass is 269 g/mol. The third-order valence-electron chi connectivity index (χ3n) is 2.78. The molecule has 6 heteroatoms. The molecule has 0 spiro atoms. The van der Waals surface area contributed by atoms with Gasteiger partial charge in [0.15, 0.2) is 0 Å². The Bertz CT molecular complexity index is 596. The number of halogens is 2. The second-order valence-electron chi connectivity index (χ2n) is 4.18. The van der Waals surface area contributed by atoms with Crippen molar-refractivity contribution in [3.05, 3.63) is 29.8 Å². The summed E-state index contributed by atoms with van der Waals surface area (Å²) in [6, 6.07) is 4.11. The van der Waals surface area contributed by atoms with Gasteiger partial charge in [-0.1, -0.05) is 0 Å². The quantitative estimate of drug-likeness (QED) is 0.866. The summed E-state index contributed by atoms with van der Waals surface area (Å²) in [6.45, 7) is 1.83. The van der Waals surface area contributed by atoms with E-state index >= 15 is 0 Å². The van der Waals surface area contributed by atoms with Crippen molar-refractivity contribution in [3.63, 3.8) is 0 Å². The van der Waals surface area contributed by atoms with Gasteiger partial charge in [0.1, 0.15) is 11.6 Å². The van der Waals surface area contributed by atoms with Gasteiger partial charge in [0.2, 0.25) is 5.91 Å². The zero-order valence-electron chi connectivity index (χ0n) is 9.86. The van der Waals surface area contributed by atoms with Crippen molar-refractivity contribution in [1.29, 1.82) is 0 Å². The lowest BCUT2D eigenvalue weighted by Gasteiger charge is -2.15. The Morgan fingerprint density at radius 3 is 2.94 bits per heavy atom. The smallest absolute Gasteiger partial charge is 0.219 e. The number of carbonyl (C=O) groups excluding carboxylic acids is 1. The second kappa shape index (κ2) is 4.94. The van der Waals surface area contributed by atoms with Gasteiger partial charge in [-0.15, -0.1) is 11.6 Å². The molecule has 0 radical (unpaired) electrons. The van der Waals surface area contributed by atoms with Gasteiger partial charge in [0.25, 0.3) is 0 Å². The fraction of sp³-hybridized carbons (Fsp3) is 0.333. The van der Waals surface area contributed by atoms with Gasteiger partial charge in [-0.25, -0.2) is 9.37 Å². The molecule has 1 amide bonds. The van der Waals surface area contributed by atoms with E-state index in [4.69, 9.17) is 17.3 Å². The van der Waals surface area contributed by atoms with E-state index in [0.29, 0.717) is 16.9 Å². The fourth-order valence-corrected chi connectivity index (χ4v) is 2.27. The number of nitrogens with zero attached hydrogens (tertiary/aromatic N) is 2. The van der Waals surface area contributed by atoms with Gasteiger partial charge in [-0.05, 0) is 25.1 Å². The summed E-state index contributed by atoms with van der Waals surface area (Å²) in [6.07, 6.45) is 0.159. The summed E-state index contributed by atoms with van der Waals surface area (Å²) in [5.74, 6) is 0.0303. The number of alkyl halides is 1. The Morgan fingerprint density at radius 1 is 1.61 bits per heavy atom. The largest absolute Gasteiger partial charge is 0.370 e. The molecular weight excluding hydrogens is 257 g/mol. The topological polar surface area (TPSA) is 60.9 Å². The highest BCUT2D eigenvalue weighted by Crippen LogP contribution is 2.24. The maximum absolute atomic E-state index is 13.3. The number of rotatable bonds is 4. The minimum Gasteiger partial charge on any atom is -0.370 e. The van der Waals surface area contributed by atoms with Crippen molar-refractivity contribution in [1.82, 2.24) is 9.55 Å². The molecule has 18 heavy (non-hydrogen) atoms. The Labute approximate surface area is 109 Å². The highest BCUT2D eigenvalue weighted by atomic mass is 35.5. The molecular formula is C12H13ClFN3O. The van der Waals surface area contributed by atoms with E-state index in [0.717, 1.165) is 0 Å². The molecule has 0 bridgehead atoms. The summed E-state index contributed by atoms with van der Waals surface area (Å²) in [7, 11) is 0. The number of hydrogen-bond acceptors (Lipinski definition) is 2. The molecule has 1 atom stereocenters. The lowest BCUT2D eigenvalue weighted by molar-refractivity contribution is -0.118. The summed E-state index contributed by atoms with van der Waals surface area (Å²) >= 11 is 5.83. The van der Waals surface area contributed by atoms with Gasteiger partial charge in [-0.3, -0.25) is 4.79 Å². The summed E-state index contributed by atoms with van der Waals surface area (Å²) in [5, 5.41) is 0. The van der Waals surface area contributed by atoms with Crippen LogP contribution in [0.15, 0.2) is 18.2 Å². The Hall–Kier alpha value is -1.62. The van der Waals surface area contributed by atoms with E-state index in [1.807, 2.05) is 6.92 Å². The number of primary amides is 1. The maximum Gasteiger partial charge on any atom is 0.219 e. The average Bonchev–Trinajstić information content (AvgIpc) is 2.65. The highest BCUT2D eigenvalue weighted by Gasteiger charge is 2.17. The predicted molar refractivity (Wildman–Crippen MR) is 67.8 cm³/mol. The summed E-state index contributed by atoms with van der Waals surface area (Å²) < 4.78 is 15.1. The van der Waals surface area contributed by atoms with Crippen LogP contribution in [-0.4, -0.2) is 15.5 Å². The van der Waals surface area contributed by atoms with Crippen molar-refractivity contribution in [3.8, 4) is 0 Å². The maximum atomic E-state index is 13.3. The molecule has 0 saturated carbocycles. The van der Waals surface area contributed by atoms with Crippen molar-refractivity contribution >= 4 is 28.5 Å². The number of fused-ring (bicyclic) bond motifs is 1. The molecule has 1 unspecified atom stereocenters. The molecule has 0 fully saturated rings. The van der Waals surface area contributed by atoms with Gasteiger partial charge >= 0.3 is 0 Å². The van der Waals surface area contributed by atoms with Crippen LogP contribution >= 0.6 is 11.6 Å². The van der Waals surface area contributed by atoms with Crippen LogP contribution in [0.2, 0.25) is 0 Å². The van der Waals surface area contributed by atoms with E-state index in [-0.39, 0.29) is 24.2 Å². The lowest BCUT2D eigenvalue weighted by Crippen LogP contribution is -2.18. The molecule has 2 rings (SSSR count). The number of benzene rings is 1. The van der Waals surface area contributed by atoms with Crippen LogP contribution in [0.1, 0.15) is 25.2 Å². The highest BCUT2D eigenvalue weighted by molar-refractivity contribution is 6.16. The zero-order valence-corrected chi connectivity index (χ0v) is 10.6. The SMILES string of the molecule is CC(CC(N)=O)n1c(CCl)nc2ccc(F)cc21. The first kappa shape index (κ1) is 12.8. The molecule has 96 valence electrons. The minimum absolute atomic E-state index is 0.159. The van der Waals surface area contributed by atoms with Crippen molar-refractivity contribution in [2.75, 3.05) is 0 Å². The van der Waals surface area contributed by atoms with Gasteiger partial charge in [0.05, 0.1) is 16.9 Å².